The Kier molecular flexibility index (Phi) is 6.50. The van der Waals surface area contributed by atoms with Crippen molar-refractivity contribution in [3.63, 3.8) is 0 Å². The number of carbonyl (C=O) groups is 1. The van der Waals surface area contributed by atoms with Gasteiger partial charge >= 0.3 is 0 Å². The smallest absolute Gasteiger partial charge is 0.254 e. The summed E-state index contributed by atoms with van der Waals surface area (Å²) in [5, 5.41) is 0.650. The fraction of sp³-hybridized carbons (Fsp3) is 0.280. The van der Waals surface area contributed by atoms with Crippen LogP contribution < -0.4 is 10.6 Å². The summed E-state index contributed by atoms with van der Waals surface area (Å²) in [6, 6.07) is 13.7. The van der Waals surface area contributed by atoms with Crippen molar-refractivity contribution >= 4 is 40.5 Å². The Bertz CT molecular complexity index is 1330. The van der Waals surface area contributed by atoms with Gasteiger partial charge in [-0.1, -0.05) is 35.9 Å². The van der Waals surface area contributed by atoms with Crippen molar-refractivity contribution in [2.45, 2.75) is 19.3 Å². The van der Waals surface area contributed by atoms with E-state index in [1.54, 1.807) is 24.3 Å². The monoisotopic (exact) mass is 494 g/mol. The number of nitrogens with two attached hydrogens (primary N) is 1. The Balaban J connectivity index is 1.26. The van der Waals surface area contributed by atoms with Gasteiger partial charge in [0.15, 0.2) is 17.2 Å². The fourth-order valence-electron chi connectivity index (χ4n) is 4.15. The van der Waals surface area contributed by atoms with E-state index in [4.69, 9.17) is 21.8 Å². The predicted molar refractivity (Wildman–Crippen MR) is 132 cm³/mol. The average Bonchev–Trinajstić information content (AvgIpc) is 3.27. The Labute approximate surface area is 206 Å². The third-order valence-electron chi connectivity index (χ3n) is 6.04. The average molecular weight is 495 g/mol. The molecule has 0 saturated carbocycles. The highest BCUT2D eigenvalue weighted by molar-refractivity contribution is 6.30. The Morgan fingerprint density at radius 1 is 0.943 bits per heavy atom. The molecule has 1 aliphatic heterocycles. The van der Waals surface area contributed by atoms with Crippen LogP contribution in [0.5, 0.6) is 0 Å². The first-order valence-corrected chi connectivity index (χ1v) is 11.8. The number of amides is 1. The second-order valence-corrected chi connectivity index (χ2v) is 8.90. The third-order valence-corrected chi connectivity index (χ3v) is 6.30. The first kappa shape index (κ1) is 23.0. The van der Waals surface area contributed by atoms with Gasteiger partial charge < -0.3 is 20.0 Å². The van der Waals surface area contributed by atoms with Gasteiger partial charge in [0.25, 0.3) is 5.71 Å². The number of anilines is 2. The maximum absolute atomic E-state index is 13.1. The minimum absolute atomic E-state index is 0.0730. The maximum atomic E-state index is 13.1. The molecular formula is C25H24ClFN6O2. The number of nitrogens with zero attached hydrogens (tertiary/aromatic N) is 5. The van der Waals surface area contributed by atoms with Crippen LogP contribution in [-0.2, 0) is 24.1 Å². The van der Waals surface area contributed by atoms with Gasteiger partial charge in [0.2, 0.25) is 11.9 Å². The number of benzene rings is 2. The van der Waals surface area contributed by atoms with Crippen molar-refractivity contribution in [3.05, 3.63) is 76.4 Å². The number of piperazine rings is 1. The predicted octanol–water partition coefficient (Wildman–Crippen LogP) is 3.67. The second kappa shape index (κ2) is 9.87. The summed E-state index contributed by atoms with van der Waals surface area (Å²) < 4.78 is 19.0. The number of hydrogen-bond donors (Lipinski definition) is 1. The molecule has 10 heteroatoms. The molecule has 8 nitrogen and oxygen atoms in total. The van der Waals surface area contributed by atoms with Gasteiger partial charge in [0.05, 0.1) is 6.42 Å². The first-order chi connectivity index (χ1) is 16.9. The quantitative estimate of drug-likeness (QED) is 0.436. The van der Waals surface area contributed by atoms with Crippen LogP contribution in [0.2, 0.25) is 5.02 Å². The molecule has 1 amide bonds. The number of rotatable bonds is 6. The minimum atomic E-state index is -0.266. The van der Waals surface area contributed by atoms with Crippen molar-refractivity contribution in [2.24, 2.45) is 0 Å². The van der Waals surface area contributed by atoms with Gasteiger partial charge in [-0.25, -0.2) is 9.37 Å². The van der Waals surface area contributed by atoms with Gasteiger partial charge in [-0.3, -0.25) is 4.79 Å². The van der Waals surface area contributed by atoms with Gasteiger partial charge in [-0.15, -0.1) is 0 Å². The lowest BCUT2D eigenvalue weighted by molar-refractivity contribution is -0.130. The molecule has 1 saturated heterocycles. The summed E-state index contributed by atoms with van der Waals surface area (Å²) in [6.45, 7) is 2.31. The highest BCUT2D eigenvalue weighted by Crippen LogP contribution is 2.26. The van der Waals surface area contributed by atoms with Gasteiger partial charge in [-0.05, 0) is 41.8 Å². The zero-order valence-corrected chi connectivity index (χ0v) is 19.7. The molecule has 0 atom stereocenters. The molecule has 0 radical (unpaired) electrons. The van der Waals surface area contributed by atoms with E-state index in [0.29, 0.717) is 73.4 Å². The van der Waals surface area contributed by atoms with E-state index in [-0.39, 0.29) is 17.7 Å². The van der Waals surface area contributed by atoms with E-state index in [0.717, 1.165) is 11.1 Å². The second-order valence-electron chi connectivity index (χ2n) is 8.46. The highest BCUT2D eigenvalue weighted by Gasteiger charge is 2.25. The molecule has 4 aromatic rings. The summed E-state index contributed by atoms with van der Waals surface area (Å²) in [5.74, 6) is 1.04. The van der Waals surface area contributed by atoms with Crippen molar-refractivity contribution in [2.75, 3.05) is 36.8 Å². The molecule has 0 unspecified atom stereocenters. The Hall–Kier alpha value is -3.72. The van der Waals surface area contributed by atoms with E-state index in [1.807, 2.05) is 17.0 Å². The lowest BCUT2D eigenvalue weighted by atomic mass is 10.1. The number of carbonyl (C=O) groups excluding carboxylic acids is 1. The minimum Gasteiger partial charge on any atom is -0.422 e. The number of fused-ring (bicyclic) bond motifs is 1. The first-order valence-electron chi connectivity index (χ1n) is 11.4. The van der Waals surface area contributed by atoms with Crippen LogP contribution in [0.1, 0.15) is 17.0 Å². The van der Waals surface area contributed by atoms with E-state index in [1.165, 1.54) is 12.1 Å². The number of nitrogen functional groups attached to an aromatic ring is 1. The summed E-state index contributed by atoms with van der Waals surface area (Å²) >= 11 is 5.93. The molecule has 35 heavy (non-hydrogen) atoms. The summed E-state index contributed by atoms with van der Waals surface area (Å²) in [4.78, 5) is 29.9. The molecule has 3 heterocycles. The number of halogens is 2. The van der Waals surface area contributed by atoms with Gasteiger partial charge in [0, 0.05) is 37.6 Å². The van der Waals surface area contributed by atoms with Gasteiger partial charge in [0.1, 0.15) is 5.82 Å². The molecule has 1 fully saturated rings. The van der Waals surface area contributed by atoms with E-state index < -0.39 is 0 Å². The van der Waals surface area contributed by atoms with Crippen LogP contribution in [-0.4, -0.2) is 51.9 Å². The fourth-order valence-corrected chi connectivity index (χ4v) is 4.28. The molecule has 5 rings (SSSR count). The third kappa shape index (κ3) is 5.35. The molecular weight excluding hydrogens is 471 g/mol. The van der Waals surface area contributed by atoms with Crippen LogP contribution in [0.25, 0.3) is 11.2 Å². The lowest BCUT2D eigenvalue weighted by Gasteiger charge is -2.35. The summed E-state index contributed by atoms with van der Waals surface area (Å²) in [7, 11) is 0. The molecule has 0 aliphatic carbocycles. The molecule has 0 bridgehead atoms. The van der Waals surface area contributed by atoms with Crippen LogP contribution in [0.4, 0.5) is 16.2 Å². The Morgan fingerprint density at radius 2 is 1.63 bits per heavy atom. The number of hydrogen-bond acceptors (Lipinski definition) is 7. The topological polar surface area (TPSA) is 101 Å². The molecule has 180 valence electrons. The molecule has 0 spiro atoms. The largest absolute Gasteiger partial charge is 0.422 e. The number of aromatic nitrogens is 3. The van der Waals surface area contributed by atoms with Crippen LogP contribution >= 0.6 is 11.6 Å². The number of aryl methyl sites for hydroxylation is 2. The van der Waals surface area contributed by atoms with Crippen molar-refractivity contribution in [1.29, 1.82) is 0 Å². The van der Waals surface area contributed by atoms with Gasteiger partial charge in [-0.2, -0.15) is 9.97 Å². The van der Waals surface area contributed by atoms with Crippen molar-refractivity contribution < 1.29 is 13.6 Å². The van der Waals surface area contributed by atoms with Crippen LogP contribution in [0.15, 0.2) is 52.9 Å². The molecule has 2 aromatic carbocycles. The molecule has 1 aliphatic rings. The molecule has 2 aromatic heterocycles. The zero-order valence-electron chi connectivity index (χ0n) is 19.0. The van der Waals surface area contributed by atoms with Crippen LogP contribution in [0, 0.1) is 5.82 Å². The Morgan fingerprint density at radius 3 is 2.34 bits per heavy atom. The summed E-state index contributed by atoms with van der Waals surface area (Å²) in [6.07, 6.45) is 1.52. The lowest BCUT2D eigenvalue weighted by Crippen LogP contribution is -2.49. The van der Waals surface area contributed by atoms with E-state index in [9.17, 15) is 9.18 Å². The normalized spacial score (nSPS) is 14.0. The van der Waals surface area contributed by atoms with Crippen molar-refractivity contribution in [1.82, 2.24) is 19.9 Å². The molecule has 2 N–H and O–H groups in total. The number of oxazole rings is 1. The van der Waals surface area contributed by atoms with E-state index >= 15 is 0 Å². The summed E-state index contributed by atoms with van der Waals surface area (Å²) in [5.41, 5.74) is 8.75. The maximum Gasteiger partial charge on any atom is 0.254 e. The standard InChI is InChI=1S/C25H24ClFN6O2/c26-18-6-1-17(2-7-18)15-21(34)32-11-13-33(14-12-32)23-22-24(31-25(28)30-23)35-20(29-22)10-5-16-3-8-19(27)9-4-16/h1-4,6-9H,5,10-15H2,(H2,28,30,31). The zero-order chi connectivity index (χ0) is 24.4. The van der Waals surface area contributed by atoms with Crippen LogP contribution in [0.3, 0.4) is 0 Å². The highest BCUT2D eigenvalue weighted by atomic mass is 35.5. The SMILES string of the molecule is Nc1nc(N2CCN(C(=O)Cc3ccc(Cl)cc3)CC2)c2nc(CCc3ccc(F)cc3)oc2n1. The van der Waals surface area contributed by atoms with E-state index in [2.05, 4.69) is 19.9 Å². The van der Waals surface area contributed by atoms with Crippen molar-refractivity contribution in [3.8, 4) is 0 Å².